The number of nitrogens with zero attached hydrogens (tertiary/aromatic N) is 2. The lowest BCUT2D eigenvalue weighted by Crippen LogP contribution is -2.36. The molecule has 6 heteroatoms. The van der Waals surface area contributed by atoms with Crippen LogP contribution in [0.15, 0.2) is 30.3 Å². The summed E-state index contributed by atoms with van der Waals surface area (Å²) < 4.78 is 45.1. The first-order valence-electron chi connectivity index (χ1n) is 5.38. The van der Waals surface area contributed by atoms with Gasteiger partial charge in [0.1, 0.15) is 12.4 Å². The molecule has 0 aliphatic carbocycles. The van der Waals surface area contributed by atoms with Crippen LogP contribution in [0.5, 0.6) is 5.88 Å². The first kappa shape index (κ1) is 11.1. The number of rotatable bonds is 1. The van der Waals surface area contributed by atoms with E-state index in [0.717, 1.165) is 4.68 Å². The Morgan fingerprint density at radius 1 is 1.22 bits per heavy atom. The van der Waals surface area contributed by atoms with Gasteiger partial charge >= 0.3 is 5.92 Å². The highest BCUT2D eigenvalue weighted by Gasteiger charge is 2.36. The van der Waals surface area contributed by atoms with Crippen molar-refractivity contribution >= 4 is 0 Å². The normalized spacial score (nSPS) is 17.1. The SMILES string of the molecule is Fc1ccc(-c2cc3n(n2)CC(F)(F)CO3)cc1. The zero-order valence-electron chi connectivity index (χ0n) is 9.24. The standard InChI is InChI=1S/C12H9F3N2O/c13-9-3-1-8(2-4-9)10-5-11-17(16-10)6-12(14,15)7-18-11/h1-5H,6-7H2. The van der Waals surface area contributed by atoms with E-state index in [1.807, 2.05) is 0 Å². The molecule has 0 saturated heterocycles. The van der Waals surface area contributed by atoms with E-state index in [2.05, 4.69) is 5.10 Å². The van der Waals surface area contributed by atoms with Crippen molar-refractivity contribution < 1.29 is 17.9 Å². The Morgan fingerprint density at radius 2 is 1.94 bits per heavy atom. The monoisotopic (exact) mass is 254 g/mol. The molecule has 1 aliphatic heterocycles. The second-order valence-electron chi connectivity index (χ2n) is 4.18. The second-order valence-corrected chi connectivity index (χ2v) is 4.18. The van der Waals surface area contributed by atoms with Gasteiger partial charge < -0.3 is 4.74 Å². The van der Waals surface area contributed by atoms with Crippen molar-refractivity contribution in [2.75, 3.05) is 6.61 Å². The third-order valence-electron chi connectivity index (χ3n) is 2.70. The van der Waals surface area contributed by atoms with Gasteiger partial charge in [-0.1, -0.05) is 0 Å². The fourth-order valence-corrected chi connectivity index (χ4v) is 1.84. The predicted octanol–water partition coefficient (Wildman–Crippen LogP) is 2.72. The average Bonchev–Trinajstić information content (AvgIpc) is 2.71. The summed E-state index contributed by atoms with van der Waals surface area (Å²) in [5.41, 5.74) is 1.15. The summed E-state index contributed by atoms with van der Waals surface area (Å²) in [7, 11) is 0. The third-order valence-corrected chi connectivity index (χ3v) is 2.70. The van der Waals surface area contributed by atoms with Crippen LogP contribution in [-0.4, -0.2) is 22.3 Å². The van der Waals surface area contributed by atoms with Gasteiger partial charge in [-0.25, -0.2) is 17.9 Å². The van der Waals surface area contributed by atoms with Gasteiger partial charge in [0.15, 0.2) is 6.61 Å². The highest BCUT2D eigenvalue weighted by molar-refractivity contribution is 5.60. The molecule has 0 unspecified atom stereocenters. The summed E-state index contributed by atoms with van der Waals surface area (Å²) in [6, 6.07) is 7.25. The van der Waals surface area contributed by atoms with E-state index < -0.39 is 19.1 Å². The summed E-state index contributed by atoms with van der Waals surface area (Å²) in [6.07, 6.45) is 0. The van der Waals surface area contributed by atoms with Crippen LogP contribution in [0.2, 0.25) is 0 Å². The van der Waals surface area contributed by atoms with Gasteiger partial charge in [0.25, 0.3) is 0 Å². The fourth-order valence-electron chi connectivity index (χ4n) is 1.84. The van der Waals surface area contributed by atoms with Crippen LogP contribution in [-0.2, 0) is 6.54 Å². The van der Waals surface area contributed by atoms with Gasteiger partial charge in [-0.15, -0.1) is 0 Å². The number of halogens is 3. The number of hydrogen-bond donors (Lipinski definition) is 0. The molecule has 3 rings (SSSR count). The Labute approximate surface area is 101 Å². The lowest BCUT2D eigenvalue weighted by molar-refractivity contribution is -0.0794. The molecule has 0 fully saturated rings. The van der Waals surface area contributed by atoms with E-state index in [9.17, 15) is 13.2 Å². The summed E-state index contributed by atoms with van der Waals surface area (Å²) in [5, 5.41) is 4.04. The summed E-state index contributed by atoms with van der Waals surface area (Å²) in [4.78, 5) is 0. The van der Waals surface area contributed by atoms with Crippen molar-refractivity contribution in [2.45, 2.75) is 12.5 Å². The van der Waals surface area contributed by atoms with E-state index in [1.54, 1.807) is 18.2 Å². The van der Waals surface area contributed by atoms with Crippen molar-refractivity contribution in [3.8, 4) is 17.1 Å². The molecule has 0 saturated carbocycles. The lowest BCUT2D eigenvalue weighted by Gasteiger charge is -2.23. The van der Waals surface area contributed by atoms with Crippen LogP contribution >= 0.6 is 0 Å². The first-order chi connectivity index (χ1) is 8.53. The van der Waals surface area contributed by atoms with E-state index >= 15 is 0 Å². The van der Waals surface area contributed by atoms with Crippen LogP contribution in [0, 0.1) is 5.82 Å². The molecule has 0 radical (unpaired) electrons. The fraction of sp³-hybridized carbons (Fsp3) is 0.250. The number of benzene rings is 1. The molecule has 0 bridgehead atoms. The third kappa shape index (κ3) is 1.94. The van der Waals surface area contributed by atoms with Crippen LogP contribution in [0.25, 0.3) is 11.3 Å². The molecule has 0 amide bonds. The second kappa shape index (κ2) is 3.76. The van der Waals surface area contributed by atoms with Crippen molar-refractivity contribution in [2.24, 2.45) is 0 Å². The Kier molecular flexibility index (Phi) is 2.33. The summed E-state index contributed by atoms with van der Waals surface area (Å²) in [5.74, 6) is -2.95. The number of aromatic nitrogens is 2. The van der Waals surface area contributed by atoms with Gasteiger partial charge in [0.05, 0.1) is 5.69 Å². The van der Waals surface area contributed by atoms with Crippen LogP contribution < -0.4 is 4.74 Å². The summed E-state index contributed by atoms with van der Waals surface area (Å²) >= 11 is 0. The molecule has 2 heterocycles. The quantitative estimate of drug-likeness (QED) is 0.782. The number of alkyl halides is 2. The maximum Gasteiger partial charge on any atom is 0.300 e. The number of hydrogen-bond acceptors (Lipinski definition) is 2. The smallest absolute Gasteiger partial charge is 0.300 e. The van der Waals surface area contributed by atoms with E-state index in [1.165, 1.54) is 12.1 Å². The molecule has 94 valence electrons. The van der Waals surface area contributed by atoms with E-state index in [0.29, 0.717) is 17.1 Å². The molecule has 1 aliphatic rings. The minimum absolute atomic E-state index is 0.306. The van der Waals surface area contributed by atoms with Crippen LogP contribution in [0.4, 0.5) is 13.2 Å². The maximum absolute atomic E-state index is 13.1. The van der Waals surface area contributed by atoms with Crippen LogP contribution in [0.3, 0.4) is 0 Å². The van der Waals surface area contributed by atoms with Gasteiger partial charge in [-0.3, -0.25) is 0 Å². The van der Waals surface area contributed by atoms with Crippen molar-refractivity contribution in [3.05, 3.63) is 36.1 Å². The van der Waals surface area contributed by atoms with Gasteiger partial charge in [-0.2, -0.15) is 5.10 Å². The Morgan fingerprint density at radius 3 is 2.67 bits per heavy atom. The first-order valence-corrected chi connectivity index (χ1v) is 5.38. The Hall–Kier alpha value is -1.98. The van der Waals surface area contributed by atoms with Crippen molar-refractivity contribution in [1.82, 2.24) is 9.78 Å². The Bertz CT molecular complexity index is 578. The van der Waals surface area contributed by atoms with E-state index in [-0.39, 0.29) is 5.82 Å². The predicted molar refractivity (Wildman–Crippen MR) is 58.1 cm³/mol. The average molecular weight is 254 g/mol. The molecular formula is C12H9F3N2O. The number of fused-ring (bicyclic) bond motifs is 1. The lowest BCUT2D eigenvalue weighted by atomic mass is 10.1. The minimum Gasteiger partial charge on any atom is -0.471 e. The molecule has 1 aromatic carbocycles. The largest absolute Gasteiger partial charge is 0.471 e. The van der Waals surface area contributed by atoms with E-state index in [4.69, 9.17) is 4.74 Å². The molecule has 18 heavy (non-hydrogen) atoms. The summed E-state index contributed by atoms with van der Waals surface area (Å²) in [6.45, 7) is -1.13. The maximum atomic E-state index is 13.1. The molecule has 0 spiro atoms. The zero-order valence-corrected chi connectivity index (χ0v) is 9.24. The van der Waals surface area contributed by atoms with Crippen LogP contribution in [0.1, 0.15) is 0 Å². The van der Waals surface area contributed by atoms with Crippen molar-refractivity contribution in [1.29, 1.82) is 0 Å². The molecular weight excluding hydrogens is 245 g/mol. The minimum atomic E-state index is -2.90. The number of ether oxygens (including phenoxy) is 1. The van der Waals surface area contributed by atoms with Gasteiger partial charge in [-0.05, 0) is 24.3 Å². The molecule has 0 N–H and O–H groups in total. The highest BCUT2D eigenvalue weighted by Crippen LogP contribution is 2.30. The molecule has 1 aromatic heterocycles. The van der Waals surface area contributed by atoms with Gasteiger partial charge in [0, 0.05) is 11.6 Å². The van der Waals surface area contributed by atoms with Gasteiger partial charge in [0.2, 0.25) is 5.88 Å². The molecule has 0 atom stereocenters. The zero-order chi connectivity index (χ0) is 12.8. The highest BCUT2D eigenvalue weighted by atomic mass is 19.3. The van der Waals surface area contributed by atoms with Crippen molar-refractivity contribution in [3.63, 3.8) is 0 Å². The topological polar surface area (TPSA) is 27.1 Å². The molecule has 3 nitrogen and oxygen atoms in total. The molecule has 2 aromatic rings. The Balaban J connectivity index is 1.96.